The molecular formula is C21H36N2O2. The number of nitrogens with one attached hydrogen (secondary N) is 2. The molecule has 1 amide bonds. The van der Waals surface area contributed by atoms with Crippen molar-refractivity contribution in [3.05, 3.63) is 35.9 Å². The first-order chi connectivity index (χ1) is 11.9. The van der Waals surface area contributed by atoms with Crippen LogP contribution >= 0.6 is 0 Å². The van der Waals surface area contributed by atoms with Crippen LogP contribution in [0, 0.1) is 0 Å². The zero-order chi connectivity index (χ0) is 18.7. The Morgan fingerprint density at radius 2 is 1.60 bits per heavy atom. The fourth-order valence-corrected chi connectivity index (χ4v) is 2.58. The number of benzene rings is 1. The maximum atomic E-state index is 11.4. The van der Waals surface area contributed by atoms with Gasteiger partial charge in [-0.3, -0.25) is 0 Å². The van der Waals surface area contributed by atoms with E-state index in [0.717, 1.165) is 31.8 Å². The van der Waals surface area contributed by atoms with Crippen molar-refractivity contribution in [3.63, 3.8) is 0 Å². The number of carbonyl (C=O) groups is 1. The van der Waals surface area contributed by atoms with Crippen molar-refractivity contribution in [1.82, 2.24) is 10.6 Å². The van der Waals surface area contributed by atoms with E-state index in [1.54, 1.807) is 0 Å². The van der Waals surface area contributed by atoms with E-state index in [1.807, 2.05) is 34.6 Å². The minimum atomic E-state index is -0.406. The summed E-state index contributed by atoms with van der Waals surface area (Å²) >= 11 is 0. The Kier molecular flexibility index (Phi) is 9.58. The molecule has 3 rings (SSSR count). The molecule has 1 heterocycles. The van der Waals surface area contributed by atoms with Gasteiger partial charge >= 0.3 is 6.09 Å². The summed E-state index contributed by atoms with van der Waals surface area (Å²) in [6.07, 6.45) is 4.48. The van der Waals surface area contributed by atoms with Crippen LogP contribution in [-0.2, 0) is 4.74 Å². The molecule has 0 unspecified atom stereocenters. The zero-order valence-corrected chi connectivity index (χ0v) is 16.6. The highest BCUT2D eigenvalue weighted by Crippen LogP contribution is 2.39. The van der Waals surface area contributed by atoms with E-state index in [9.17, 15) is 4.79 Å². The number of ether oxygens (including phenoxy) is 1. The number of hydrogen-bond donors (Lipinski definition) is 2. The predicted octanol–water partition coefficient (Wildman–Crippen LogP) is 4.85. The summed E-state index contributed by atoms with van der Waals surface area (Å²) in [6.45, 7) is 11.6. The molecule has 0 bridgehead atoms. The molecule has 4 nitrogen and oxygen atoms in total. The number of amides is 1. The molecule has 0 radical (unpaired) electrons. The van der Waals surface area contributed by atoms with Crippen LogP contribution in [0.1, 0.15) is 71.8 Å². The standard InChI is InChI=1S/C10H20N2O2.C9H10.C2H6/c1-10(2,3)14-9(13)12-8-4-6-11-7-5-8;1-2-4-8(5-3-1)9-6-7-9;1-2/h8,11H,4-7H2,1-3H3,(H,12,13);1-5,9H,6-7H2;1-2H3. The van der Waals surface area contributed by atoms with E-state index >= 15 is 0 Å². The number of piperidine rings is 1. The van der Waals surface area contributed by atoms with Gasteiger partial charge in [-0.1, -0.05) is 44.2 Å². The predicted molar refractivity (Wildman–Crippen MR) is 105 cm³/mol. The Labute approximate surface area is 153 Å². The summed E-state index contributed by atoms with van der Waals surface area (Å²) in [5.41, 5.74) is 1.12. The SMILES string of the molecule is CC.CC(C)(C)OC(=O)NC1CCNCC1.c1ccc(C2CC2)cc1. The summed E-state index contributed by atoms with van der Waals surface area (Å²) in [5.74, 6) is 0.909. The van der Waals surface area contributed by atoms with Gasteiger partial charge < -0.3 is 15.4 Å². The van der Waals surface area contributed by atoms with Crippen LogP contribution in [0.4, 0.5) is 4.79 Å². The highest BCUT2D eigenvalue weighted by molar-refractivity contribution is 5.68. The molecule has 2 fully saturated rings. The van der Waals surface area contributed by atoms with Crippen LogP contribution in [0.3, 0.4) is 0 Å². The van der Waals surface area contributed by atoms with Gasteiger partial charge in [0.05, 0.1) is 0 Å². The van der Waals surface area contributed by atoms with Gasteiger partial charge in [-0.25, -0.2) is 4.79 Å². The van der Waals surface area contributed by atoms with E-state index in [1.165, 1.54) is 18.4 Å². The fourth-order valence-electron chi connectivity index (χ4n) is 2.58. The Morgan fingerprint density at radius 3 is 2.08 bits per heavy atom. The fraction of sp³-hybridized carbons (Fsp3) is 0.667. The Bertz CT molecular complexity index is 472. The number of rotatable bonds is 2. The Balaban J connectivity index is 0.000000243. The van der Waals surface area contributed by atoms with Gasteiger partial charge in [-0.15, -0.1) is 0 Å². The molecule has 142 valence electrons. The molecule has 1 saturated heterocycles. The summed E-state index contributed by atoms with van der Waals surface area (Å²) in [7, 11) is 0. The zero-order valence-electron chi connectivity index (χ0n) is 16.6. The first-order valence-corrected chi connectivity index (χ1v) is 9.69. The monoisotopic (exact) mass is 348 g/mol. The quantitative estimate of drug-likeness (QED) is 0.803. The summed E-state index contributed by atoms with van der Waals surface area (Å²) in [5, 5.41) is 6.12. The largest absolute Gasteiger partial charge is 0.444 e. The van der Waals surface area contributed by atoms with Crippen LogP contribution in [0.2, 0.25) is 0 Å². The average Bonchev–Trinajstić information content (AvgIpc) is 3.42. The summed E-state index contributed by atoms with van der Waals surface area (Å²) in [4.78, 5) is 11.4. The molecule has 1 aliphatic heterocycles. The van der Waals surface area contributed by atoms with Gasteiger partial charge in [0.1, 0.15) is 5.60 Å². The lowest BCUT2D eigenvalue weighted by atomic mass is 10.1. The van der Waals surface area contributed by atoms with Crippen LogP contribution < -0.4 is 10.6 Å². The molecule has 2 aliphatic rings. The lowest BCUT2D eigenvalue weighted by Gasteiger charge is -2.26. The van der Waals surface area contributed by atoms with Crippen molar-refractivity contribution in [2.75, 3.05) is 13.1 Å². The Morgan fingerprint density at radius 1 is 1.04 bits per heavy atom. The average molecular weight is 349 g/mol. The van der Waals surface area contributed by atoms with Gasteiger partial charge in [0, 0.05) is 6.04 Å². The highest BCUT2D eigenvalue weighted by Gasteiger charge is 2.22. The molecule has 25 heavy (non-hydrogen) atoms. The summed E-state index contributed by atoms with van der Waals surface area (Å²) in [6, 6.07) is 11.0. The second-order valence-corrected chi connectivity index (χ2v) is 7.36. The minimum Gasteiger partial charge on any atom is -0.444 e. The van der Waals surface area contributed by atoms with Crippen molar-refractivity contribution < 1.29 is 9.53 Å². The lowest BCUT2D eigenvalue weighted by molar-refractivity contribution is 0.0495. The third-order valence-corrected chi connectivity index (χ3v) is 3.91. The molecule has 0 aromatic heterocycles. The van der Waals surface area contributed by atoms with E-state index in [2.05, 4.69) is 41.0 Å². The van der Waals surface area contributed by atoms with Gasteiger partial charge in [-0.05, 0) is 71.0 Å². The molecule has 1 aromatic rings. The molecule has 2 N–H and O–H groups in total. The first-order valence-electron chi connectivity index (χ1n) is 9.69. The van der Waals surface area contributed by atoms with Crippen molar-refractivity contribution >= 4 is 6.09 Å². The first kappa shape index (κ1) is 21.5. The maximum absolute atomic E-state index is 11.4. The molecule has 0 spiro atoms. The lowest BCUT2D eigenvalue weighted by Crippen LogP contribution is -2.44. The van der Waals surface area contributed by atoms with Gasteiger partial charge in [0.2, 0.25) is 0 Å². The number of carbonyl (C=O) groups excluding carboxylic acids is 1. The van der Waals surface area contributed by atoms with E-state index in [0.29, 0.717) is 0 Å². The topological polar surface area (TPSA) is 50.4 Å². The number of hydrogen-bond acceptors (Lipinski definition) is 3. The van der Waals surface area contributed by atoms with Crippen LogP contribution in [0.15, 0.2) is 30.3 Å². The van der Waals surface area contributed by atoms with E-state index in [4.69, 9.17) is 4.74 Å². The highest BCUT2D eigenvalue weighted by atomic mass is 16.6. The van der Waals surface area contributed by atoms with Crippen molar-refractivity contribution in [2.24, 2.45) is 0 Å². The second kappa shape index (κ2) is 11.1. The van der Waals surface area contributed by atoms with Crippen molar-refractivity contribution in [1.29, 1.82) is 0 Å². The van der Waals surface area contributed by atoms with Crippen LogP contribution in [0.5, 0.6) is 0 Å². The normalized spacial score (nSPS) is 17.3. The molecular weight excluding hydrogens is 312 g/mol. The maximum Gasteiger partial charge on any atom is 0.407 e. The molecule has 1 aliphatic carbocycles. The van der Waals surface area contributed by atoms with Crippen molar-refractivity contribution in [3.8, 4) is 0 Å². The minimum absolute atomic E-state index is 0.270. The smallest absolute Gasteiger partial charge is 0.407 e. The van der Waals surface area contributed by atoms with Crippen LogP contribution in [-0.4, -0.2) is 30.8 Å². The van der Waals surface area contributed by atoms with Crippen molar-refractivity contribution in [2.45, 2.75) is 77.9 Å². The molecule has 1 saturated carbocycles. The van der Waals surface area contributed by atoms with E-state index < -0.39 is 5.60 Å². The third kappa shape index (κ3) is 10.1. The van der Waals surface area contributed by atoms with Gasteiger partial charge in [0.25, 0.3) is 0 Å². The summed E-state index contributed by atoms with van der Waals surface area (Å²) < 4.78 is 5.17. The Hall–Kier alpha value is -1.55. The van der Waals surface area contributed by atoms with Gasteiger partial charge in [0.15, 0.2) is 0 Å². The molecule has 1 aromatic carbocycles. The second-order valence-electron chi connectivity index (χ2n) is 7.36. The van der Waals surface area contributed by atoms with Gasteiger partial charge in [-0.2, -0.15) is 0 Å². The van der Waals surface area contributed by atoms with E-state index in [-0.39, 0.29) is 12.1 Å². The van der Waals surface area contributed by atoms with Crippen LogP contribution in [0.25, 0.3) is 0 Å². The molecule has 0 atom stereocenters. The third-order valence-electron chi connectivity index (χ3n) is 3.91. The molecule has 4 heteroatoms. The number of alkyl carbamates (subject to hydrolysis) is 1.